The van der Waals surface area contributed by atoms with Gasteiger partial charge in [0, 0.05) is 24.9 Å². The average Bonchev–Trinajstić information content (AvgIpc) is 3.19. The van der Waals surface area contributed by atoms with Gasteiger partial charge in [-0.25, -0.2) is 4.98 Å². The highest BCUT2D eigenvalue weighted by Gasteiger charge is 2.19. The molecule has 13 nitrogen and oxygen atoms in total. The van der Waals surface area contributed by atoms with Gasteiger partial charge in [-0.1, -0.05) is 47.2 Å². The molecule has 56 heavy (non-hydrogen) atoms. The Morgan fingerprint density at radius 1 is 0.786 bits per heavy atom. The van der Waals surface area contributed by atoms with Crippen molar-refractivity contribution in [3.05, 3.63) is 90.1 Å². The molecule has 1 aromatic heterocycles. The third-order valence-corrected chi connectivity index (χ3v) is 9.22. The van der Waals surface area contributed by atoms with Gasteiger partial charge in [0.2, 0.25) is 11.8 Å². The van der Waals surface area contributed by atoms with E-state index in [0.29, 0.717) is 78.0 Å². The minimum absolute atomic E-state index is 0.227. The maximum atomic E-state index is 12.8. The predicted octanol–water partition coefficient (Wildman–Crippen LogP) is 5.87. The van der Waals surface area contributed by atoms with E-state index < -0.39 is 17.9 Å². The Kier molecular flexibility index (Phi) is 20.4. The van der Waals surface area contributed by atoms with Crippen LogP contribution >= 0.6 is 22.5 Å². The number of ether oxygens (including phenoxy) is 5. The van der Waals surface area contributed by atoms with Crippen LogP contribution in [-0.4, -0.2) is 106 Å². The molecule has 0 bridgehead atoms. The number of amides is 2. The zero-order valence-corrected chi connectivity index (χ0v) is 33.4. The third-order valence-electron chi connectivity index (χ3n) is 8.33. The Hall–Kier alpha value is -4.38. The number of fused-ring (bicyclic) bond motifs is 1. The molecule has 2 amide bonds. The summed E-state index contributed by atoms with van der Waals surface area (Å²) in [4.78, 5) is 41.2. The number of pyridine rings is 1. The molecular formula is C41H52N4O9S2. The quantitative estimate of drug-likeness (QED) is 0.0264. The highest BCUT2D eigenvalue weighted by atomic mass is 33.1. The van der Waals surface area contributed by atoms with Crippen molar-refractivity contribution in [3.63, 3.8) is 0 Å². The number of nitrogens with one attached hydrogen (secondary N) is 3. The van der Waals surface area contributed by atoms with E-state index in [1.165, 1.54) is 10.8 Å². The van der Waals surface area contributed by atoms with Crippen molar-refractivity contribution < 1.29 is 43.2 Å². The summed E-state index contributed by atoms with van der Waals surface area (Å²) in [6.45, 7) is 6.81. The van der Waals surface area contributed by atoms with Crippen molar-refractivity contribution in [3.8, 4) is 16.9 Å². The molecule has 0 unspecified atom stereocenters. The fourth-order valence-electron chi connectivity index (χ4n) is 5.54. The number of nitrogens with zero attached hydrogens (tertiary/aromatic N) is 1. The zero-order valence-electron chi connectivity index (χ0n) is 31.7. The maximum absolute atomic E-state index is 12.8. The molecule has 3 aromatic carbocycles. The lowest BCUT2D eigenvalue weighted by molar-refractivity contribution is -0.138. The molecule has 0 aliphatic carbocycles. The molecule has 0 fully saturated rings. The van der Waals surface area contributed by atoms with Crippen LogP contribution in [0, 0.1) is 6.92 Å². The van der Waals surface area contributed by atoms with Crippen molar-refractivity contribution in [2.45, 2.75) is 32.2 Å². The summed E-state index contributed by atoms with van der Waals surface area (Å²) in [5.41, 5.74) is 3.53. The summed E-state index contributed by atoms with van der Waals surface area (Å²) in [7, 11) is 1.45. The van der Waals surface area contributed by atoms with Crippen molar-refractivity contribution in [1.29, 1.82) is 0 Å². The summed E-state index contributed by atoms with van der Waals surface area (Å²) in [6, 6.07) is 22.4. The van der Waals surface area contributed by atoms with Crippen molar-refractivity contribution >= 4 is 56.8 Å². The first kappa shape index (κ1) is 44.3. The summed E-state index contributed by atoms with van der Waals surface area (Å²) in [6.07, 6.45) is 2.19. The molecule has 1 atom stereocenters. The maximum Gasteiger partial charge on any atom is 0.305 e. The van der Waals surface area contributed by atoms with Crippen molar-refractivity contribution in [2.24, 2.45) is 0 Å². The standard InChI is InChI=1S/C41H52N4O9S2/c1-30-11-13-43-38(24-30)42-12-3-6-39(46)44-29-40(47)45-37(28-41(48)49)35-5-2-4-31(26-35)32-7-8-34-27-36(10-9-33(34)25-32)54-21-20-52-17-16-50-14-15-51-18-19-53-22-23-56-55/h2,4-5,7-11,13,24-27,37,55H,3,6,12,14-23,28-29H2,1H3,(H,42,43)(H,44,46)(H,45,47)(H,48,49)/t37-/m0/s1. The van der Waals surface area contributed by atoms with Gasteiger partial charge in [-0.3, -0.25) is 14.4 Å². The minimum Gasteiger partial charge on any atom is -0.491 e. The molecule has 0 aliphatic rings. The number of anilines is 1. The highest BCUT2D eigenvalue weighted by Crippen LogP contribution is 2.29. The van der Waals surface area contributed by atoms with E-state index in [0.717, 1.165) is 44.8 Å². The molecule has 0 saturated heterocycles. The molecule has 0 saturated carbocycles. The van der Waals surface area contributed by atoms with Crippen LogP contribution in [0.1, 0.15) is 36.4 Å². The first-order valence-corrected chi connectivity index (χ1v) is 20.6. The average molecular weight is 809 g/mol. The lowest BCUT2D eigenvalue weighted by atomic mass is 9.96. The fraction of sp³-hybridized carbons (Fsp3) is 0.415. The minimum atomic E-state index is -1.06. The van der Waals surface area contributed by atoms with E-state index in [-0.39, 0.29) is 25.3 Å². The number of hydrogen-bond acceptors (Lipinski definition) is 12. The van der Waals surface area contributed by atoms with Gasteiger partial charge in [-0.05, 0) is 82.8 Å². The van der Waals surface area contributed by atoms with E-state index in [9.17, 15) is 19.5 Å². The Morgan fingerprint density at radius 3 is 2.18 bits per heavy atom. The molecule has 15 heteroatoms. The summed E-state index contributed by atoms with van der Waals surface area (Å²) in [5, 5.41) is 20.2. The van der Waals surface area contributed by atoms with E-state index in [1.807, 2.05) is 67.6 Å². The predicted molar refractivity (Wildman–Crippen MR) is 222 cm³/mol. The Bertz CT molecular complexity index is 1820. The van der Waals surface area contributed by atoms with Gasteiger partial charge in [0.15, 0.2) is 0 Å². The van der Waals surface area contributed by atoms with E-state index in [1.54, 1.807) is 12.3 Å². The van der Waals surface area contributed by atoms with E-state index >= 15 is 0 Å². The molecule has 1 heterocycles. The number of aryl methyl sites for hydroxylation is 1. The largest absolute Gasteiger partial charge is 0.491 e. The SMILES string of the molecule is Cc1ccnc(NCCCC(=O)NCC(=O)N[C@@H](CC(=O)O)c2cccc(-c3ccc4cc(OCCOCCOCCOCCOCCSS)ccc4c3)c2)c1. The van der Waals surface area contributed by atoms with Crippen LogP contribution in [0.2, 0.25) is 0 Å². The number of carboxylic acids is 1. The van der Waals surface area contributed by atoms with Crippen LogP contribution in [0.4, 0.5) is 5.82 Å². The Balaban J connectivity index is 1.18. The molecule has 0 radical (unpaired) electrons. The smallest absolute Gasteiger partial charge is 0.305 e. The molecule has 4 rings (SSSR count). The first-order valence-electron chi connectivity index (χ1n) is 18.6. The molecular weight excluding hydrogens is 757 g/mol. The van der Waals surface area contributed by atoms with Crippen LogP contribution in [-0.2, 0) is 33.3 Å². The van der Waals surface area contributed by atoms with Crippen LogP contribution in [0.15, 0.2) is 79.0 Å². The summed E-state index contributed by atoms with van der Waals surface area (Å²) in [5.74, 6) is 0.522. The number of carboxylic acid groups (broad SMARTS) is 1. The van der Waals surface area contributed by atoms with Gasteiger partial charge in [0.1, 0.15) is 18.2 Å². The third kappa shape index (κ3) is 17.2. The van der Waals surface area contributed by atoms with Crippen LogP contribution < -0.4 is 20.7 Å². The fourth-order valence-corrected chi connectivity index (χ4v) is 5.96. The number of aromatic nitrogens is 1. The van der Waals surface area contributed by atoms with Crippen molar-refractivity contribution in [2.75, 3.05) is 83.6 Å². The van der Waals surface area contributed by atoms with Crippen LogP contribution in [0.25, 0.3) is 21.9 Å². The molecule has 4 N–H and O–H groups in total. The molecule has 0 spiro atoms. The number of thiol groups is 1. The number of rotatable bonds is 28. The first-order chi connectivity index (χ1) is 27.3. The van der Waals surface area contributed by atoms with Gasteiger partial charge in [0.05, 0.1) is 71.9 Å². The Labute approximate surface area is 337 Å². The molecule has 4 aromatic rings. The molecule has 302 valence electrons. The number of carbonyl (C=O) groups is 3. The van der Waals surface area contributed by atoms with Gasteiger partial charge in [-0.15, -0.1) is 11.7 Å². The van der Waals surface area contributed by atoms with Gasteiger partial charge in [0.25, 0.3) is 0 Å². The normalized spacial score (nSPS) is 11.6. The van der Waals surface area contributed by atoms with Gasteiger partial charge < -0.3 is 44.7 Å². The zero-order chi connectivity index (χ0) is 39.8. The monoisotopic (exact) mass is 808 g/mol. The molecule has 0 aliphatic heterocycles. The van der Waals surface area contributed by atoms with Crippen LogP contribution in [0.3, 0.4) is 0 Å². The number of benzene rings is 3. The summed E-state index contributed by atoms with van der Waals surface area (Å²) >= 11 is 4.06. The summed E-state index contributed by atoms with van der Waals surface area (Å²) < 4.78 is 27.9. The van der Waals surface area contributed by atoms with Crippen molar-refractivity contribution in [1.82, 2.24) is 15.6 Å². The van der Waals surface area contributed by atoms with E-state index in [2.05, 4.69) is 38.7 Å². The lowest BCUT2D eigenvalue weighted by Gasteiger charge is -2.19. The number of hydrogen-bond donors (Lipinski definition) is 5. The number of carbonyl (C=O) groups excluding carboxylic acids is 2. The second-order valence-electron chi connectivity index (χ2n) is 12.7. The van der Waals surface area contributed by atoms with Gasteiger partial charge in [-0.2, -0.15) is 0 Å². The van der Waals surface area contributed by atoms with Gasteiger partial charge >= 0.3 is 5.97 Å². The highest BCUT2D eigenvalue weighted by molar-refractivity contribution is 8.68. The van der Waals surface area contributed by atoms with Crippen LogP contribution in [0.5, 0.6) is 5.75 Å². The second kappa shape index (κ2) is 25.7. The number of aliphatic carboxylic acids is 1. The Morgan fingerprint density at radius 2 is 1.46 bits per heavy atom. The second-order valence-corrected chi connectivity index (χ2v) is 14.2. The van der Waals surface area contributed by atoms with E-state index in [4.69, 9.17) is 23.7 Å². The topological polar surface area (TPSA) is 167 Å². The lowest BCUT2D eigenvalue weighted by Crippen LogP contribution is -2.39.